The van der Waals surface area contributed by atoms with Crippen LogP contribution in [0.1, 0.15) is 59.7 Å². The van der Waals surface area contributed by atoms with Gasteiger partial charge in [-0.3, -0.25) is 4.79 Å². The van der Waals surface area contributed by atoms with Crippen LogP contribution in [0.15, 0.2) is 24.3 Å². The largest absolute Gasteiger partial charge is 0.365 e. The van der Waals surface area contributed by atoms with Crippen LogP contribution in [0.5, 0.6) is 0 Å². The molecular weight excluding hydrogens is 442 g/mol. The molecule has 0 radical (unpaired) electrons. The van der Waals surface area contributed by atoms with Crippen molar-refractivity contribution in [3.05, 3.63) is 46.1 Å². The Kier molecular flexibility index (Phi) is 6.23. The van der Waals surface area contributed by atoms with Gasteiger partial charge in [0.15, 0.2) is 0 Å². The number of piperidine rings is 1. The first-order valence-electron chi connectivity index (χ1n) is 12.5. The Morgan fingerprint density at radius 3 is 2.41 bits per heavy atom. The molecule has 2 fully saturated rings. The third-order valence-electron chi connectivity index (χ3n) is 7.43. The second-order valence-corrected chi connectivity index (χ2v) is 11.0. The summed E-state index contributed by atoms with van der Waals surface area (Å²) in [5.74, 6) is 1.92. The van der Waals surface area contributed by atoms with Crippen LogP contribution in [0.25, 0.3) is 10.2 Å². The monoisotopic (exact) mass is 477 g/mol. The van der Waals surface area contributed by atoms with E-state index in [0.29, 0.717) is 6.04 Å². The Hall–Kier alpha value is -2.67. The molecular formula is C27H35N5OS. The summed E-state index contributed by atoms with van der Waals surface area (Å²) in [5.41, 5.74) is 3.53. The lowest BCUT2D eigenvalue weighted by Gasteiger charge is -2.41. The minimum absolute atomic E-state index is 0.131. The molecule has 5 rings (SSSR count). The highest BCUT2D eigenvalue weighted by molar-refractivity contribution is 7.20. The molecule has 2 aliphatic heterocycles. The van der Waals surface area contributed by atoms with Crippen molar-refractivity contribution in [3.8, 4) is 0 Å². The van der Waals surface area contributed by atoms with Crippen LogP contribution in [-0.4, -0.2) is 59.0 Å². The van der Waals surface area contributed by atoms with Gasteiger partial charge in [-0.15, -0.1) is 11.3 Å². The maximum absolute atomic E-state index is 13.7. The number of hydrogen-bond acceptors (Lipinski definition) is 6. The van der Waals surface area contributed by atoms with Crippen molar-refractivity contribution < 1.29 is 4.79 Å². The standard InChI is InChI=1S/C27H35N5OS/c1-17-9-11-22(12-10-17)31-15-14-30(16-19(31)3)27(33)24-20(4)23-25(28-21(5)29-26(23)34-24)32-13-7-6-8-18(32)2/h9-12,18-19H,6-8,13-16H2,1-5H3/t18-,19-/m0/s1. The number of rotatable bonds is 3. The highest BCUT2D eigenvalue weighted by Gasteiger charge is 2.31. The lowest BCUT2D eigenvalue weighted by Crippen LogP contribution is -2.53. The smallest absolute Gasteiger partial charge is 0.264 e. The molecule has 2 saturated heterocycles. The Morgan fingerprint density at radius 1 is 0.941 bits per heavy atom. The fourth-order valence-electron chi connectivity index (χ4n) is 5.45. The highest BCUT2D eigenvalue weighted by atomic mass is 32.1. The predicted molar refractivity (Wildman–Crippen MR) is 141 cm³/mol. The number of amides is 1. The summed E-state index contributed by atoms with van der Waals surface area (Å²) in [5, 5.41) is 1.07. The average molecular weight is 478 g/mol. The van der Waals surface area contributed by atoms with Crippen molar-refractivity contribution in [2.45, 2.75) is 66.0 Å². The zero-order valence-electron chi connectivity index (χ0n) is 21.0. The van der Waals surface area contributed by atoms with Gasteiger partial charge in [0.05, 0.1) is 10.3 Å². The van der Waals surface area contributed by atoms with Gasteiger partial charge >= 0.3 is 0 Å². The van der Waals surface area contributed by atoms with E-state index in [1.54, 1.807) is 0 Å². The molecule has 7 heteroatoms. The quantitative estimate of drug-likeness (QED) is 0.509. The first-order valence-corrected chi connectivity index (χ1v) is 13.3. The van der Waals surface area contributed by atoms with Gasteiger partial charge in [-0.1, -0.05) is 17.7 Å². The Bertz CT molecular complexity index is 1200. The Morgan fingerprint density at radius 2 is 1.71 bits per heavy atom. The van der Waals surface area contributed by atoms with Gasteiger partial charge in [0.1, 0.15) is 16.5 Å². The number of anilines is 2. The van der Waals surface area contributed by atoms with Gasteiger partial charge in [-0.05, 0) is 71.6 Å². The molecule has 0 spiro atoms. The molecule has 4 heterocycles. The van der Waals surface area contributed by atoms with Crippen LogP contribution >= 0.6 is 11.3 Å². The van der Waals surface area contributed by atoms with E-state index in [1.165, 1.54) is 41.9 Å². The molecule has 0 aliphatic carbocycles. The second kappa shape index (κ2) is 9.17. The van der Waals surface area contributed by atoms with E-state index >= 15 is 0 Å². The number of nitrogens with zero attached hydrogens (tertiary/aromatic N) is 5. The lowest BCUT2D eigenvalue weighted by atomic mass is 10.0. The van der Waals surface area contributed by atoms with Gasteiger partial charge in [-0.25, -0.2) is 9.97 Å². The van der Waals surface area contributed by atoms with Gasteiger partial charge in [0, 0.05) is 44.0 Å². The number of hydrogen-bond donors (Lipinski definition) is 0. The summed E-state index contributed by atoms with van der Waals surface area (Å²) in [7, 11) is 0. The fraction of sp³-hybridized carbons (Fsp3) is 0.519. The van der Waals surface area contributed by atoms with E-state index in [1.807, 2.05) is 11.8 Å². The third-order valence-corrected chi connectivity index (χ3v) is 8.61. The Labute approximate surface area is 206 Å². The molecule has 2 aliphatic rings. The van der Waals surface area contributed by atoms with Crippen LogP contribution < -0.4 is 9.80 Å². The van der Waals surface area contributed by atoms with Crippen LogP contribution in [0.4, 0.5) is 11.5 Å². The normalized spacial score (nSPS) is 21.4. The summed E-state index contributed by atoms with van der Waals surface area (Å²) in [6, 6.07) is 9.41. The first kappa shape index (κ1) is 23.1. The van der Waals surface area contributed by atoms with Crippen LogP contribution in [0, 0.1) is 20.8 Å². The summed E-state index contributed by atoms with van der Waals surface area (Å²) < 4.78 is 0. The summed E-state index contributed by atoms with van der Waals surface area (Å²) >= 11 is 1.54. The topological polar surface area (TPSA) is 52.6 Å². The number of carbonyl (C=O) groups excluding carboxylic acids is 1. The molecule has 3 aromatic rings. The van der Waals surface area contributed by atoms with Crippen molar-refractivity contribution in [2.24, 2.45) is 0 Å². The molecule has 6 nitrogen and oxygen atoms in total. The van der Waals surface area contributed by atoms with Crippen molar-refractivity contribution in [1.29, 1.82) is 0 Å². The lowest BCUT2D eigenvalue weighted by molar-refractivity contribution is 0.0730. The van der Waals surface area contributed by atoms with Crippen LogP contribution in [0.2, 0.25) is 0 Å². The van der Waals surface area contributed by atoms with Crippen molar-refractivity contribution in [3.63, 3.8) is 0 Å². The maximum Gasteiger partial charge on any atom is 0.264 e. The van der Waals surface area contributed by atoms with E-state index in [0.717, 1.165) is 58.5 Å². The molecule has 2 atom stereocenters. The van der Waals surface area contributed by atoms with Crippen LogP contribution in [-0.2, 0) is 0 Å². The summed E-state index contributed by atoms with van der Waals surface area (Å²) in [6.45, 7) is 14.0. The van der Waals surface area contributed by atoms with Gasteiger partial charge in [-0.2, -0.15) is 0 Å². The molecule has 0 N–H and O–H groups in total. The van der Waals surface area contributed by atoms with E-state index in [-0.39, 0.29) is 11.9 Å². The molecule has 34 heavy (non-hydrogen) atoms. The number of aryl methyl sites for hydroxylation is 3. The SMILES string of the molecule is Cc1ccc(N2CCN(C(=O)c3sc4nc(C)nc(N5CCCC[C@@H]5C)c4c3C)C[C@@H]2C)cc1. The zero-order valence-corrected chi connectivity index (χ0v) is 21.8. The molecule has 0 saturated carbocycles. The van der Waals surface area contributed by atoms with E-state index < -0.39 is 0 Å². The van der Waals surface area contributed by atoms with E-state index in [2.05, 4.69) is 61.8 Å². The number of carbonyl (C=O) groups is 1. The maximum atomic E-state index is 13.7. The highest BCUT2D eigenvalue weighted by Crippen LogP contribution is 2.38. The number of fused-ring (bicyclic) bond motifs is 1. The van der Waals surface area contributed by atoms with Crippen LogP contribution in [0.3, 0.4) is 0 Å². The molecule has 2 aromatic heterocycles. The number of benzene rings is 1. The van der Waals surface area contributed by atoms with Gasteiger partial charge in [0.25, 0.3) is 5.91 Å². The van der Waals surface area contributed by atoms with Crippen molar-refractivity contribution >= 4 is 39.0 Å². The number of piperazine rings is 1. The zero-order chi connectivity index (χ0) is 24.0. The third kappa shape index (κ3) is 4.15. The Balaban J connectivity index is 1.42. The van der Waals surface area contributed by atoms with E-state index in [4.69, 9.17) is 9.97 Å². The molecule has 0 bridgehead atoms. The minimum atomic E-state index is 0.131. The minimum Gasteiger partial charge on any atom is -0.365 e. The average Bonchev–Trinajstić information content (AvgIpc) is 3.15. The second-order valence-electron chi connectivity index (χ2n) is 10.00. The first-order chi connectivity index (χ1) is 16.3. The van der Waals surface area contributed by atoms with E-state index in [9.17, 15) is 4.79 Å². The number of thiophene rings is 1. The molecule has 1 aromatic carbocycles. The molecule has 0 unspecified atom stereocenters. The predicted octanol–water partition coefficient (Wildman–Crippen LogP) is 5.35. The molecule has 180 valence electrons. The van der Waals surface area contributed by atoms with Crippen molar-refractivity contribution in [1.82, 2.24) is 14.9 Å². The van der Waals surface area contributed by atoms with Gasteiger partial charge in [0.2, 0.25) is 0 Å². The summed E-state index contributed by atoms with van der Waals surface area (Å²) in [6.07, 6.45) is 3.64. The van der Waals surface area contributed by atoms with Gasteiger partial charge < -0.3 is 14.7 Å². The fourth-order valence-corrected chi connectivity index (χ4v) is 6.64. The molecule has 1 amide bonds. The summed E-state index contributed by atoms with van der Waals surface area (Å²) in [4.78, 5) is 31.9. The number of aromatic nitrogens is 2. The van der Waals surface area contributed by atoms with Crippen molar-refractivity contribution in [2.75, 3.05) is 36.0 Å².